The lowest BCUT2D eigenvalue weighted by molar-refractivity contribution is -0.180. The van der Waals surface area contributed by atoms with Gasteiger partial charge >= 0.3 is 6.09 Å². The lowest BCUT2D eigenvalue weighted by Crippen LogP contribution is -2.68. The molecule has 1 aromatic rings. The average molecular weight is 346 g/mol. The summed E-state index contributed by atoms with van der Waals surface area (Å²) in [4.78, 5) is 28.8. The lowest BCUT2D eigenvalue weighted by Gasteiger charge is -2.62. The molecule has 1 aromatic heterocycles. The SMILES string of the molecule is CC(C)(C)OC(=O)N1CC[C@@H]1C(=O)N1CC2(CCC2)[C@@H]1c1ccco1. The van der Waals surface area contributed by atoms with E-state index in [4.69, 9.17) is 9.15 Å². The third kappa shape index (κ3) is 2.62. The van der Waals surface area contributed by atoms with Crippen molar-refractivity contribution in [3.05, 3.63) is 24.2 Å². The van der Waals surface area contributed by atoms with Crippen LogP contribution in [0.25, 0.3) is 0 Å². The van der Waals surface area contributed by atoms with Crippen LogP contribution < -0.4 is 0 Å². The summed E-state index contributed by atoms with van der Waals surface area (Å²) in [7, 11) is 0. The van der Waals surface area contributed by atoms with Gasteiger partial charge in [0.05, 0.1) is 12.3 Å². The van der Waals surface area contributed by atoms with Crippen LogP contribution in [-0.2, 0) is 9.53 Å². The Bertz CT molecular complexity index is 672. The number of carbonyl (C=O) groups is 2. The molecule has 3 fully saturated rings. The maximum Gasteiger partial charge on any atom is 0.410 e. The molecular weight excluding hydrogens is 320 g/mol. The maximum absolute atomic E-state index is 13.1. The predicted octanol–water partition coefficient (Wildman–Crippen LogP) is 3.34. The van der Waals surface area contributed by atoms with Gasteiger partial charge < -0.3 is 14.1 Å². The first-order chi connectivity index (χ1) is 11.8. The van der Waals surface area contributed by atoms with Crippen molar-refractivity contribution in [1.82, 2.24) is 9.80 Å². The minimum atomic E-state index is -0.552. The first-order valence-electron chi connectivity index (χ1n) is 9.14. The molecule has 0 N–H and O–H groups in total. The van der Waals surface area contributed by atoms with Gasteiger partial charge in [-0.25, -0.2) is 4.79 Å². The molecule has 0 unspecified atom stereocenters. The summed E-state index contributed by atoms with van der Waals surface area (Å²) in [6, 6.07) is 3.45. The van der Waals surface area contributed by atoms with Crippen LogP contribution in [0.3, 0.4) is 0 Å². The normalized spacial score (nSPS) is 27.3. The number of carbonyl (C=O) groups excluding carboxylic acids is 2. The van der Waals surface area contributed by atoms with E-state index < -0.39 is 17.7 Å². The van der Waals surface area contributed by atoms with Gasteiger partial charge in [-0.2, -0.15) is 0 Å². The van der Waals surface area contributed by atoms with Gasteiger partial charge in [0.2, 0.25) is 5.91 Å². The van der Waals surface area contributed by atoms with Crippen LogP contribution in [0.4, 0.5) is 4.79 Å². The van der Waals surface area contributed by atoms with Gasteiger partial charge in [0.1, 0.15) is 17.4 Å². The van der Waals surface area contributed by atoms with E-state index in [1.54, 1.807) is 11.2 Å². The van der Waals surface area contributed by atoms with Crippen molar-refractivity contribution in [3.8, 4) is 0 Å². The second kappa shape index (κ2) is 5.51. The molecule has 2 saturated heterocycles. The van der Waals surface area contributed by atoms with Crippen molar-refractivity contribution in [2.75, 3.05) is 13.1 Å². The van der Waals surface area contributed by atoms with Crippen LogP contribution in [0.2, 0.25) is 0 Å². The molecule has 2 amide bonds. The molecule has 25 heavy (non-hydrogen) atoms. The molecule has 0 radical (unpaired) electrons. The average Bonchev–Trinajstić information content (AvgIpc) is 2.85. The van der Waals surface area contributed by atoms with E-state index in [1.807, 2.05) is 37.8 Å². The number of likely N-dealkylation sites (tertiary alicyclic amines) is 2. The summed E-state index contributed by atoms with van der Waals surface area (Å²) < 4.78 is 11.0. The molecule has 4 rings (SSSR count). The van der Waals surface area contributed by atoms with Crippen molar-refractivity contribution >= 4 is 12.0 Å². The van der Waals surface area contributed by atoms with Gasteiger partial charge in [0.15, 0.2) is 0 Å². The minimum absolute atomic E-state index is 0.0184. The Balaban J connectivity index is 1.47. The van der Waals surface area contributed by atoms with E-state index in [1.165, 1.54) is 6.42 Å². The molecule has 136 valence electrons. The third-order valence-corrected chi connectivity index (χ3v) is 5.75. The number of nitrogens with zero attached hydrogens (tertiary/aromatic N) is 2. The fourth-order valence-corrected chi connectivity index (χ4v) is 4.28. The Morgan fingerprint density at radius 1 is 1.28 bits per heavy atom. The van der Waals surface area contributed by atoms with E-state index in [-0.39, 0.29) is 17.4 Å². The van der Waals surface area contributed by atoms with Gasteiger partial charge in [0, 0.05) is 18.5 Å². The largest absolute Gasteiger partial charge is 0.467 e. The number of hydrogen-bond acceptors (Lipinski definition) is 4. The fourth-order valence-electron chi connectivity index (χ4n) is 4.28. The second-order valence-electron chi connectivity index (χ2n) is 8.58. The van der Waals surface area contributed by atoms with Crippen LogP contribution in [0.15, 0.2) is 22.8 Å². The summed E-state index contributed by atoms with van der Waals surface area (Å²) >= 11 is 0. The van der Waals surface area contributed by atoms with Crippen molar-refractivity contribution in [2.45, 2.75) is 64.1 Å². The summed E-state index contributed by atoms with van der Waals surface area (Å²) in [5.41, 5.74) is -0.363. The second-order valence-corrected chi connectivity index (χ2v) is 8.58. The van der Waals surface area contributed by atoms with Crippen molar-refractivity contribution < 1.29 is 18.7 Å². The Hall–Kier alpha value is -1.98. The molecule has 0 aromatic carbocycles. The molecule has 6 heteroatoms. The molecule has 0 bridgehead atoms. The summed E-state index contributed by atoms with van der Waals surface area (Å²) in [6.07, 6.45) is 5.47. The first kappa shape index (κ1) is 16.5. The standard InChI is InChI=1S/C19H26N2O4/c1-18(2,3)25-17(23)20-10-7-13(20)16(22)21-12-19(8-5-9-19)15(21)14-6-4-11-24-14/h4,6,11,13,15H,5,7-10,12H2,1-3H3/t13-,15+/m1/s1. The quantitative estimate of drug-likeness (QED) is 0.824. The van der Waals surface area contributed by atoms with Crippen molar-refractivity contribution in [3.63, 3.8) is 0 Å². The summed E-state index contributed by atoms with van der Waals surface area (Å²) in [5, 5.41) is 0. The Labute approximate surface area is 148 Å². The lowest BCUT2D eigenvalue weighted by atomic mass is 9.57. The number of hydrogen-bond donors (Lipinski definition) is 0. The highest BCUT2D eigenvalue weighted by Crippen LogP contribution is 2.60. The number of amides is 2. The van der Waals surface area contributed by atoms with Gasteiger partial charge in [-0.05, 0) is 52.2 Å². The van der Waals surface area contributed by atoms with Crippen LogP contribution in [0.5, 0.6) is 0 Å². The van der Waals surface area contributed by atoms with Gasteiger partial charge in [-0.1, -0.05) is 6.42 Å². The van der Waals surface area contributed by atoms with Crippen LogP contribution in [0, 0.1) is 5.41 Å². The third-order valence-electron chi connectivity index (χ3n) is 5.75. The van der Waals surface area contributed by atoms with Crippen LogP contribution in [0.1, 0.15) is 58.3 Å². The summed E-state index contributed by atoms with van der Waals surface area (Å²) in [5.74, 6) is 0.887. The van der Waals surface area contributed by atoms with Gasteiger partial charge in [0.25, 0.3) is 0 Å². The fraction of sp³-hybridized carbons (Fsp3) is 0.684. The van der Waals surface area contributed by atoms with E-state index >= 15 is 0 Å². The number of ether oxygens (including phenoxy) is 1. The van der Waals surface area contributed by atoms with Gasteiger partial charge in [-0.15, -0.1) is 0 Å². The minimum Gasteiger partial charge on any atom is -0.467 e. The topological polar surface area (TPSA) is 63.0 Å². The Kier molecular flexibility index (Phi) is 3.63. The molecule has 3 heterocycles. The van der Waals surface area contributed by atoms with E-state index in [0.29, 0.717) is 13.0 Å². The molecule has 2 aliphatic heterocycles. The van der Waals surface area contributed by atoms with E-state index in [9.17, 15) is 9.59 Å². The number of rotatable bonds is 2. The van der Waals surface area contributed by atoms with Crippen LogP contribution >= 0.6 is 0 Å². The molecule has 6 nitrogen and oxygen atoms in total. The monoisotopic (exact) mass is 346 g/mol. The molecule has 1 spiro atoms. The molecule has 1 saturated carbocycles. The zero-order valence-corrected chi connectivity index (χ0v) is 15.2. The number of furan rings is 1. The Morgan fingerprint density at radius 2 is 2.04 bits per heavy atom. The van der Waals surface area contributed by atoms with Gasteiger partial charge in [-0.3, -0.25) is 9.69 Å². The summed E-state index contributed by atoms with van der Waals surface area (Å²) in [6.45, 7) is 6.87. The predicted molar refractivity (Wildman–Crippen MR) is 90.8 cm³/mol. The highest BCUT2D eigenvalue weighted by molar-refractivity contribution is 5.88. The van der Waals surface area contributed by atoms with E-state index in [2.05, 4.69) is 0 Å². The molecular formula is C19H26N2O4. The van der Waals surface area contributed by atoms with Crippen molar-refractivity contribution in [2.24, 2.45) is 5.41 Å². The smallest absolute Gasteiger partial charge is 0.410 e. The zero-order valence-electron chi connectivity index (χ0n) is 15.2. The van der Waals surface area contributed by atoms with Crippen molar-refractivity contribution in [1.29, 1.82) is 0 Å². The van der Waals surface area contributed by atoms with Crippen LogP contribution in [-0.4, -0.2) is 46.5 Å². The first-order valence-corrected chi connectivity index (χ1v) is 9.14. The highest BCUT2D eigenvalue weighted by Gasteiger charge is 2.60. The molecule has 2 atom stereocenters. The molecule has 3 aliphatic rings. The maximum atomic E-state index is 13.1. The van der Waals surface area contributed by atoms with E-state index in [0.717, 1.165) is 25.1 Å². The zero-order chi connectivity index (χ0) is 17.8. The highest BCUT2D eigenvalue weighted by atomic mass is 16.6. The Morgan fingerprint density at radius 3 is 2.52 bits per heavy atom. The molecule has 1 aliphatic carbocycles.